The highest BCUT2D eigenvalue weighted by Gasteiger charge is 2.22. The minimum absolute atomic E-state index is 0.259. The molecule has 0 bridgehead atoms. The van der Waals surface area contributed by atoms with Crippen LogP contribution in [-0.2, 0) is 10.0 Å². The van der Waals surface area contributed by atoms with E-state index in [1.807, 2.05) is 67.6 Å². The number of fused-ring (bicyclic) bond motifs is 1. The molecule has 0 saturated heterocycles. The van der Waals surface area contributed by atoms with E-state index in [2.05, 4.69) is 10.2 Å². The van der Waals surface area contributed by atoms with Crippen LogP contribution < -0.4 is 0 Å². The van der Waals surface area contributed by atoms with E-state index in [4.69, 9.17) is 0 Å². The third-order valence-electron chi connectivity index (χ3n) is 5.19. The molecule has 0 atom stereocenters. The van der Waals surface area contributed by atoms with Crippen LogP contribution in [0, 0.1) is 6.92 Å². The summed E-state index contributed by atoms with van der Waals surface area (Å²) >= 11 is 0. The number of aromatic nitrogens is 3. The minimum Gasteiger partial charge on any atom is -0.277 e. The highest BCUT2D eigenvalue weighted by Crippen LogP contribution is 2.33. The highest BCUT2D eigenvalue weighted by atomic mass is 32.2. The second-order valence-electron chi connectivity index (χ2n) is 7.21. The fourth-order valence-corrected chi connectivity index (χ4v) is 4.97. The number of nitrogens with zero attached hydrogens (tertiary/aromatic N) is 2. The van der Waals surface area contributed by atoms with Gasteiger partial charge in [0.2, 0.25) is 0 Å². The molecular weight excluding hydrogens is 394 g/mol. The minimum atomic E-state index is -3.73. The molecule has 0 aliphatic heterocycles. The van der Waals surface area contributed by atoms with Gasteiger partial charge in [-0.05, 0) is 31.2 Å². The number of aromatic amines is 1. The Hall–Kier alpha value is -3.64. The summed E-state index contributed by atoms with van der Waals surface area (Å²) in [6.45, 7) is 1.93. The number of hydrogen-bond acceptors (Lipinski definition) is 3. The monoisotopic (exact) mass is 413 g/mol. The molecule has 5 rings (SSSR count). The number of aryl methyl sites for hydroxylation is 1. The van der Waals surface area contributed by atoms with Gasteiger partial charge in [0, 0.05) is 22.7 Å². The number of rotatable bonds is 4. The Labute approximate surface area is 174 Å². The van der Waals surface area contributed by atoms with Gasteiger partial charge in [-0.15, -0.1) is 0 Å². The van der Waals surface area contributed by atoms with E-state index < -0.39 is 10.0 Å². The van der Waals surface area contributed by atoms with Gasteiger partial charge in [-0.2, -0.15) is 5.10 Å². The van der Waals surface area contributed by atoms with E-state index >= 15 is 0 Å². The van der Waals surface area contributed by atoms with Crippen molar-refractivity contribution in [1.82, 2.24) is 14.2 Å². The second kappa shape index (κ2) is 7.00. The molecule has 5 nitrogen and oxygen atoms in total. The van der Waals surface area contributed by atoms with E-state index in [-0.39, 0.29) is 4.90 Å². The maximum atomic E-state index is 13.4. The zero-order valence-electron chi connectivity index (χ0n) is 16.3. The van der Waals surface area contributed by atoms with E-state index in [0.717, 1.165) is 33.5 Å². The first-order valence-electron chi connectivity index (χ1n) is 9.57. The molecule has 3 aromatic carbocycles. The lowest BCUT2D eigenvalue weighted by Crippen LogP contribution is -2.11. The molecular formula is C24H19N3O2S. The molecule has 1 N–H and O–H groups in total. The maximum Gasteiger partial charge on any atom is 0.268 e. The van der Waals surface area contributed by atoms with Crippen molar-refractivity contribution >= 4 is 20.9 Å². The van der Waals surface area contributed by atoms with Gasteiger partial charge in [-0.3, -0.25) is 5.10 Å². The molecule has 2 aromatic heterocycles. The molecule has 30 heavy (non-hydrogen) atoms. The predicted molar refractivity (Wildman–Crippen MR) is 119 cm³/mol. The number of hydrogen-bond donors (Lipinski definition) is 1. The summed E-state index contributed by atoms with van der Waals surface area (Å²) in [6, 6.07) is 26.2. The molecule has 6 heteroatoms. The van der Waals surface area contributed by atoms with Gasteiger partial charge < -0.3 is 0 Å². The quantitative estimate of drug-likeness (QED) is 0.438. The lowest BCUT2D eigenvalue weighted by atomic mass is 10.1. The second-order valence-corrected chi connectivity index (χ2v) is 9.02. The Morgan fingerprint density at radius 3 is 2.33 bits per heavy atom. The van der Waals surface area contributed by atoms with Crippen molar-refractivity contribution < 1.29 is 8.42 Å². The first kappa shape index (κ1) is 18.4. The SMILES string of the molecule is Cc1ccc(S(=O)(=O)n2cc(-c3cc(-c4ccccc4)n[nH]3)c3ccccc32)cc1. The summed E-state index contributed by atoms with van der Waals surface area (Å²) in [5.41, 5.74) is 5.00. The van der Waals surface area contributed by atoms with Gasteiger partial charge in [0.1, 0.15) is 0 Å². The van der Waals surface area contributed by atoms with Crippen LogP contribution in [0.3, 0.4) is 0 Å². The number of nitrogens with one attached hydrogen (secondary N) is 1. The van der Waals surface area contributed by atoms with E-state index in [0.29, 0.717) is 5.52 Å². The summed E-state index contributed by atoms with van der Waals surface area (Å²) in [6.07, 6.45) is 1.67. The molecule has 0 amide bonds. The topological polar surface area (TPSA) is 67.8 Å². The fourth-order valence-electron chi connectivity index (χ4n) is 3.60. The Kier molecular flexibility index (Phi) is 4.29. The van der Waals surface area contributed by atoms with Crippen LogP contribution in [0.5, 0.6) is 0 Å². The maximum absolute atomic E-state index is 13.4. The first-order chi connectivity index (χ1) is 14.5. The molecule has 0 radical (unpaired) electrons. The Bertz CT molecular complexity index is 1450. The largest absolute Gasteiger partial charge is 0.277 e. The molecule has 0 aliphatic rings. The molecule has 0 unspecified atom stereocenters. The van der Waals surface area contributed by atoms with Crippen molar-refractivity contribution in [3.05, 3.63) is 96.7 Å². The number of H-pyrrole nitrogens is 1. The Morgan fingerprint density at radius 1 is 0.867 bits per heavy atom. The van der Waals surface area contributed by atoms with Crippen molar-refractivity contribution in [2.75, 3.05) is 0 Å². The fraction of sp³-hybridized carbons (Fsp3) is 0.0417. The van der Waals surface area contributed by atoms with Crippen molar-refractivity contribution in [3.63, 3.8) is 0 Å². The molecule has 0 spiro atoms. The van der Waals surface area contributed by atoms with Crippen LogP contribution in [-0.4, -0.2) is 22.6 Å². The third-order valence-corrected chi connectivity index (χ3v) is 6.88. The average Bonchev–Trinajstić information content (AvgIpc) is 3.40. The van der Waals surface area contributed by atoms with Gasteiger partial charge in [-0.25, -0.2) is 12.4 Å². The van der Waals surface area contributed by atoms with Crippen LogP contribution in [0.4, 0.5) is 0 Å². The molecule has 0 aliphatic carbocycles. The van der Waals surface area contributed by atoms with E-state index in [1.165, 1.54) is 3.97 Å². The summed E-state index contributed by atoms with van der Waals surface area (Å²) in [4.78, 5) is 0.259. The van der Waals surface area contributed by atoms with E-state index in [9.17, 15) is 8.42 Å². The van der Waals surface area contributed by atoms with Crippen molar-refractivity contribution in [2.45, 2.75) is 11.8 Å². The van der Waals surface area contributed by atoms with Crippen LogP contribution in [0.2, 0.25) is 0 Å². The van der Waals surface area contributed by atoms with Crippen molar-refractivity contribution in [3.8, 4) is 22.5 Å². The summed E-state index contributed by atoms with van der Waals surface area (Å²) in [7, 11) is -3.73. The van der Waals surface area contributed by atoms with Crippen molar-refractivity contribution in [2.24, 2.45) is 0 Å². The van der Waals surface area contributed by atoms with E-state index in [1.54, 1.807) is 30.5 Å². The number of benzene rings is 3. The molecule has 5 aromatic rings. The third kappa shape index (κ3) is 3.02. The Morgan fingerprint density at radius 2 is 1.57 bits per heavy atom. The molecule has 2 heterocycles. The standard InChI is InChI=1S/C24H19N3O2S/c1-17-11-13-19(14-12-17)30(28,29)27-16-21(20-9-5-6-10-24(20)27)23-15-22(25-26-23)18-7-3-2-4-8-18/h2-16H,1H3,(H,25,26). The lowest BCUT2D eigenvalue weighted by Gasteiger charge is -2.07. The highest BCUT2D eigenvalue weighted by molar-refractivity contribution is 7.90. The predicted octanol–water partition coefficient (Wildman–Crippen LogP) is 5.24. The summed E-state index contributed by atoms with van der Waals surface area (Å²) in [5.74, 6) is 0. The summed E-state index contributed by atoms with van der Waals surface area (Å²) in [5, 5.41) is 8.34. The van der Waals surface area contributed by atoms with Gasteiger partial charge in [-0.1, -0.05) is 66.2 Å². The van der Waals surface area contributed by atoms with Gasteiger partial charge in [0.05, 0.1) is 21.8 Å². The molecule has 0 fully saturated rings. The first-order valence-corrected chi connectivity index (χ1v) is 11.0. The lowest BCUT2D eigenvalue weighted by molar-refractivity contribution is 0.589. The normalized spacial score (nSPS) is 11.8. The molecule has 148 valence electrons. The molecule has 0 saturated carbocycles. The zero-order chi connectivity index (χ0) is 20.7. The summed E-state index contributed by atoms with van der Waals surface area (Å²) < 4.78 is 28.1. The number of para-hydroxylation sites is 1. The van der Waals surface area contributed by atoms with Crippen LogP contribution >= 0.6 is 0 Å². The van der Waals surface area contributed by atoms with Crippen molar-refractivity contribution in [1.29, 1.82) is 0 Å². The van der Waals surface area contributed by atoms with Gasteiger partial charge >= 0.3 is 0 Å². The Balaban J connectivity index is 1.67. The van der Waals surface area contributed by atoms with Gasteiger partial charge in [0.25, 0.3) is 10.0 Å². The van der Waals surface area contributed by atoms with Crippen LogP contribution in [0.25, 0.3) is 33.4 Å². The smallest absolute Gasteiger partial charge is 0.268 e. The zero-order valence-corrected chi connectivity index (χ0v) is 17.1. The van der Waals surface area contributed by atoms with Crippen LogP contribution in [0.15, 0.2) is 96.0 Å². The van der Waals surface area contributed by atoms with Crippen LogP contribution in [0.1, 0.15) is 5.56 Å². The average molecular weight is 414 g/mol. The van der Waals surface area contributed by atoms with Gasteiger partial charge in [0.15, 0.2) is 0 Å².